The van der Waals surface area contributed by atoms with E-state index in [-0.39, 0.29) is 39.4 Å². The van der Waals surface area contributed by atoms with E-state index < -0.39 is 51.3 Å². The summed E-state index contributed by atoms with van der Waals surface area (Å²) in [6.45, 7) is 1.52. The molecular weight excluding hydrogens is 489 g/mol. The van der Waals surface area contributed by atoms with Crippen molar-refractivity contribution >= 4 is 52.2 Å². The van der Waals surface area contributed by atoms with E-state index in [1.54, 1.807) is 0 Å². The summed E-state index contributed by atoms with van der Waals surface area (Å²) in [6.07, 6.45) is -6.33. The standard InChI is InChI=1S/C18H11ClF5NO4S2/c1-6-8(3-11(26)27)13-10(25-6)4-9(19)16(29)14(13)15(28)7-2-12(30-5-7)31-18(23,24)17(20,21)22/h2,5,29H,3-4H2,1H3,(H,26,27). The number of aliphatic carboxylic acids is 1. The number of ketones is 1. The van der Waals surface area contributed by atoms with Gasteiger partial charge in [0.05, 0.1) is 26.9 Å². The number of aliphatic hydroxyl groups is 1. The Morgan fingerprint density at radius 3 is 2.52 bits per heavy atom. The fourth-order valence-electron chi connectivity index (χ4n) is 3.00. The molecule has 0 unspecified atom stereocenters. The van der Waals surface area contributed by atoms with Crippen molar-refractivity contribution in [1.82, 2.24) is 0 Å². The maximum Gasteiger partial charge on any atom is 0.464 e. The van der Waals surface area contributed by atoms with E-state index in [9.17, 15) is 36.6 Å². The Kier molecular flexibility index (Phi) is 6.11. The van der Waals surface area contributed by atoms with Crippen molar-refractivity contribution in [2.24, 2.45) is 4.99 Å². The van der Waals surface area contributed by atoms with Gasteiger partial charge in [-0.2, -0.15) is 22.0 Å². The molecule has 2 N–H and O–H groups in total. The smallest absolute Gasteiger partial charge is 0.464 e. The molecule has 2 heterocycles. The highest BCUT2D eigenvalue weighted by Gasteiger charge is 2.58. The fourth-order valence-corrected chi connectivity index (χ4v) is 5.03. The molecule has 0 aromatic carbocycles. The Bertz CT molecular complexity index is 1110. The lowest BCUT2D eigenvalue weighted by atomic mass is 9.85. The molecule has 1 aliphatic carbocycles. The number of allylic oxidation sites excluding steroid dienone is 4. The lowest BCUT2D eigenvalue weighted by Gasteiger charge is -2.20. The molecule has 0 bridgehead atoms. The average molecular weight is 500 g/mol. The number of hydrogen-bond donors (Lipinski definition) is 2. The number of Topliss-reactive ketones (excluding diaryl/α,β-unsaturated/α-hetero) is 1. The van der Waals surface area contributed by atoms with Crippen molar-refractivity contribution in [2.45, 2.75) is 35.4 Å². The van der Waals surface area contributed by atoms with Gasteiger partial charge in [0, 0.05) is 28.6 Å². The third-order valence-electron chi connectivity index (χ3n) is 4.35. The number of thiophene rings is 1. The molecule has 31 heavy (non-hydrogen) atoms. The second-order valence-electron chi connectivity index (χ2n) is 6.47. The lowest BCUT2D eigenvalue weighted by Crippen LogP contribution is -2.32. The Labute approximate surface area is 184 Å². The van der Waals surface area contributed by atoms with Crippen molar-refractivity contribution in [2.75, 3.05) is 0 Å². The van der Waals surface area contributed by atoms with Crippen LogP contribution in [0.25, 0.3) is 0 Å². The van der Waals surface area contributed by atoms with E-state index in [4.69, 9.17) is 16.7 Å². The van der Waals surface area contributed by atoms with Gasteiger partial charge < -0.3 is 10.2 Å². The van der Waals surface area contributed by atoms with Crippen LogP contribution in [0.5, 0.6) is 0 Å². The molecule has 0 saturated carbocycles. The van der Waals surface area contributed by atoms with Crippen LogP contribution in [0, 0.1) is 0 Å². The number of hydrogen-bond acceptors (Lipinski definition) is 6. The SMILES string of the molecule is CC1=C(CC(=O)O)C2=C(C(=O)c3csc(SC(F)(F)C(F)(F)F)c3)C(O)=C(Cl)CC2=N1. The zero-order valence-corrected chi connectivity index (χ0v) is 17.7. The quantitative estimate of drug-likeness (QED) is 0.281. The normalized spacial score (nSPS) is 17.3. The zero-order valence-electron chi connectivity index (χ0n) is 15.3. The Balaban J connectivity index is 2.03. The summed E-state index contributed by atoms with van der Waals surface area (Å²) < 4.78 is 63.4. The molecule has 0 amide bonds. The van der Waals surface area contributed by atoms with E-state index in [1.807, 2.05) is 0 Å². The highest BCUT2D eigenvalue weighted by molar-refractivity contribution is 8.02. The maximum atomic E-state index is 13.3. The van der Waals surface area contributed by atoms with Crippen molar-refractivity contribution in [1.29, 1.82) is 0 Å². The average Bonchev–Trinajstić information content (AvgIpc) is 3.19. The molecule has 2 aliphatic rings. The van der Waals surface area contributed by atoms with E-state index in [1.165, 1.54) is 6.92 Å². The first-order valence-corrected chi connectivity index (χ1v) is 10.4. The Hall–Kier alpha value is -2.18. The number of aliphatic hydroxyl groups excluding tert-OH is 1. The second kappa shape index (κ2) is 8.06. The van der Waals surface area contributed by atoms with Gasteiger partial charge in [0.1, 0.15) is 5.76 Å². The van der Waals surface area contributed by atoms with E-state index in [0.717, 1.165) is 11.4 Å². The topological polar surface area (TPSA) is 87.0 Å². The summed E-state index contributed by atoms with van der Waals surface area (Å²) in [5.41, 5.74) is 0.184. The van der Waals surface area contributed by atoms with Gasteiger partial charge in [0.15, 0.2) is 5.78 Å². The van der Waals surface area contributed by atoms with Gasteiger partial charge >= 0.3 is 17.4 Å². The van der Waals surface area contributed by atoms with Crippen LogP contribution in [0.4, 0.5) is 22.0 Å². The molecule has 0 fully saturated rings. The second-order valence-corrected chi connectivity index (χ2v) is 9.26. The van der Waals surface area contributed by atoms with Crippen molar-refractivity contribution < 1.29 is 41.8 Å². The first kappa shape index (κ1) is 23.5. The number of carbonyl (C=O) groups is 2. The van der Waals surface area contributed by atoms with Gasteiger partial charge in [-0.05, 0) is 30.3 Å². The van der Waals surface area contributed by atoms with Crippen LogP contribution in [-0.2, 0) is 4.79 Å². The molecule has 1 aromatic rings. The monoisotopic (exact) mass is 499 g/mol. The number of carboxylic acid groups (broad SMARTS) is 1. The minimum absolute atomic E-state index is 0.0531. The van der Waals surface area contributed by atoms with Gasteiger partial charge in [-0.25, -0.2) is 0 Å². The number of halogens is 6. The van der Waals surface area contributed by atoms with Crippen LogP contribution in [0.15, 0.2) is 53.9 Å². The van der Waals surface area contributed by atoms with Gasteiger partial charge in [-0.15, -0.1) is 11.3 Å². The van der Waals surface area contributed by atoms with Gasteiger partial charge in [0.25, 0.3) is 0 Å². The number of fused-ring (bicyclic) bond motifs is 1. The minimum Gasteiger partial charge on any atom is -0.506 e. The predicted octanol–water partition coefficient (Wildman–Crippen LogP) is 6.09. The van der Waals surface area contributed by atoms with Crippen LogP contribution >= 0.6 is 34.7 Å². The molecule has 5 nitrogen and oxygen atoms in total. The van der Waals surface area contributed by atoms with Gasteiger partial charge in [-0.3, -0.25) is 14.6 Å². The molecule has 0 radical (unpaired) electrons. The first-order valence-electron chi connectivity index (χ1n) is 8.31. The summed E-state index contributed by atoms with van der Waals surface area (Å²) in [5, 5.41) is 15.5. The number of carbonyl (C=O) groups excluding carboxylic acids is 1. The van der Waals surface area contributed by atoms with Crippen LogP contribution in [0.3, 0.4) is 0 Å². The number of thioether (sulfide) groups is 1. The number of nitrogens with zero attached hydrogens (tertiary/aromatic N) is 1. The largest absolute Gasteiger partial charge is 0.506 e. The molecule has 1 aliphatic heterocycles. The fraction of sp³-hybridized carbons (Fsp3) is 0.278. The minimum atomic E-state index is -5.78. The third kappa shape index (κ3) is 4.41. The Morgan fingerprint density at radius 1 is 1.29 bits per heavy atom. The van der Waals surface area contributed by atoms with Crippen LogP contribution in [-0.4, -0.2) is 39.1 Å². The molecule has 0 atom stereocenters. The number of aliphatic imine (C=N–C) groups is 1. The van der Waals surface area contributed by atoms with Crippen LogP contribution in [0.2, 0.25) is 0 Å². The summed E-state index contributed by atoms with van der Waals surface area (Å²) in [6, 6.07) is 0.847. The Morgan fingerprint density at radius 2 is 1.94 bits per heavy atom. The maximum absolute atomic E-state index is 13.3. The van der Waals surface area contributed by atoms with E-state index in [0.29, 0.717) is 17.0 Å². The van der Waals surface area contributed by atoms with Gasteiger partial charge in [0.2, 0.25) is 0 Å². The number of alkyl halides is 5. The van der Waals surface area contributed by atoms with E-state index >= 15 is 0 Å². The van der Waals surface area contributed by atoms with Crippen molar-refractivity contribution in [3.8, 4) is 0 Å². The van der Waals surface area contributed by atoms with E-state index in [2.05, 4.69) is 4.99 Å². The molecule has 0 spiro atoms. The lowest BCUT2D eigenvalue weighted by molar-refractivity contribution is -0.237. The van der Waals surface area contributed by atoms with Crippen molar-refractivity contribution in [3.05, 3.63) is 50.2 Å². The van der Waals surface area contributed by atoms with Crippen LogP contribution < -0.4 is 0 Å². The third-order valence-corrected chi connectivity index (χ3v) is 6.73. The van der Waals surface area contributed by atoms with Crippen molar-refractivity contribution in [3.63, 3.8) is 0 Å². The highest BCUT2D eigenvalue weighted by Crippen LogP contribution is 2.49. The molecule has 0 saturated heterocycles. The number of rotatable bonds is 6. The molecule has 166 valence electrons. The number of carboxylic acids is 1. The molecule has 3 rings (SSSR count). The summed E-state index contributed by atoms with van der Waals surface area (Å²) in [4.78, 5) is 28.5. The van der Waals surface area contributed by atoms with Gasteiger partial charge in [-0.1, -0.05) is 11.6 Å². The predicted molar refractivity (Wildman–Crippen MR) is 105 cm³/mol. The first-order chi connectivity index (χ1) is 14.2. The summed E-state index contributed by atoms with van der Waals surface area (Å²) >= 11 is 5.75. The summed E-state index contributed by atoms with van der Waals surface area (Å²) in [7, 11) is 0. The molecule has 1 aromatic heterocycles. The zero-order chi connectivity index (χ0) is 23.3. The summed E-state index contributed by atoms with van der Waals surface area (Å²) in [5.74, 6) is -2.75. The highest BCUT2D eigenvalue weighted by atomic mass is 35.5. The molecule has 13 heteroatoms. The molecular formula is C18H11ClF5NO4S2. The van der Waals surface area contributed by atoms with Crippen LogP contribution in [0.1, 0.15) is 30.1 Å².